The molecule has 4 nitrogen and oxygen atoms in total. The quantitative estimate of drug-likeness (QED) is 0.674. The number of anilines is 1. The van der Waals surface area contributed by atoms with Crippen molar-refractivity contribution in [2.75, 3.05) is 5.32 Å². The molecule has 0 fully saturated rings. The van der Waals surface area contributed by atoms with Crippen LogP contribution in [0.2, 0.25) is 0 Å². The van der Waals surface area contributed by atoms with Crippen LogP contribution in [-0.4, -0.2) is 4.92 Å². The van der Waals surface area contributed by atoms with Crippen LogP contribution in [0.1, 0.15) is 11.1 Å². The van der Waals surface area contributed by atoms with Crippen molar-refractivity contribution in [3.05, 3.63) is 69.5 Å². The van der Waals surface area contributed by atoms with Crippen LogP contribution in [0.3, 0.4) is 0 Å². The number of aryl methyl sites for hydroxylation is 1. The Morgan fingerprint density at radius 2 is 2.00 bits per heavy atom. The van der Waals surface area contributed by atoms with E-state index in [0.717, 1.165) is 5.56 Å². The highest BCUT2D eigenvalue weighted by Gasteiger charge is 2.08. The molecule has 0 saturated carbocycles. The number of nitrogens with one attached hydrogen (secondary N) is 1. The van der Waals surface area contributed by atoms with Crippen molar-refractivity contribution in [2.24, 2.45) is 0 Å². The first-order valence-electron chi connectivity index (χ1n) is 5.79. The van der Waals surface area contributed by atoms with Gasteiger partial charge in [0.05, 0.1) is 4.92 Å². The first kappa shape index (κ1) is 13.0. The van der Waals surface area contributed by atoms with Gasteiger partial charge in [-0.05, 0) is 24.6 Å². The van der Waals surface area contributed by atoms with Gasteiger partial charge >= 0.3 is 0 Å². The lowest BCUT2D eigenvalue weighted by molar-refractivity contribution is -0.384. The molecule has 2 aromatic carbocycles. The van der Waals surface area contributed by atoms with E-state index in [1.807, 2.05) is 0 Å². The van der Waals surface area contributed by atoms with Gasteiger partial charge in [-0.1, -0.05) is 18.2 Å². The molecule has 0 heterocycles. The third-order valence-corrected chi connectivity index (χ3v) is 2.71. The lowest BCUT2D eigenvalue weighted by Crippen LogP contribution is -2.02. The number of hydrogen-bond acceptors (Lipinski definition) is 3. The molecule has 0 aliphatic carbocycles. The lowest BCUT2D eigenvalue weighted by Gasteiger charge is -2.08. The zero-order chi connectivity index (χ0) is 13.8. The van der Waals surface area contributed by atoms with Gasteiger partial charge < -0.3 is 5.32 Å². The third kappa shape index (κ3) is 3.28. The fourth-order valence-electron chi connectivity index (χ4n) is 1.81. The summed E-state index contributed by atoms with van der Waals surface area (Å²) < 4.78 is 13.4. The van der Waals surface area contributed by atoms with E-state index in [1.165, 1.54) is 18.2 Å². The molecule has 98 valence electrons. The second-order valence-corrected chi connectivity index (χ2v) is 4.26. The highest BCUT2D eigenvalue weighted by atomic mass is 19.1. The van der Waals surface area contributed by atoms with Crippen LogP contribution >= 0.6 is 0 Å². The molecule has 0 amide bonds. The van der Waals surface area contributed by atoms with Gasteiger partial charge in [-0.15, -0.1) is 0 Å². The molecule has 2 aromatic rings. The van der Waals surface area contributed by atoms with Crippen molar-refractivity contribution < 1.29 is 9.31 Å². The molecule has 19 heavy (non-hydrogen) atoms. The van der Waals surface area contributed by atoms with Gasteiger partial charge in [-0.25, -0.2) is 4.39 Å². The molecular weight excluding hydrogens is 247 g/mol. The Hall–Kier alpha value is -2.43. The number of nitrogens with zero attached hydrogens (tertiary/aromatic N) is 1. The van der Waals surface area contributed by atoms with E-state index in [-0.39, 0.29) is 18.0 Å². The fraction of sp³-hybridized carbons (Fsp3) is 0.143. The second-order valence-electron chi connectivity index (χ2n) is 4.26. The molecule has 2 rings (SSSR count). The molecule has 0 saturated heterocycles. The summed E-state index contributed by atoms with van der Waals surface area (Å²) in [5.41, 5.74) is 1.93. The van der Waals surface area contributed by atoms with Gasteiger partial charge in [0.25, 0.3) is 5.69 Å². The zero-order valence-corrected chi connectivity index (χ0v) is 10.4. The van der Waals surface area contributed by atoms with E-state index in [2.05, 4.69) is 5.32 Å². The highest BCUT2D eigenvalue weighted by molar-refractivity contribution is 5.54. The summed E-state index contributed by atoms with van der Waals surface area (Å²) in [6.07, 6.45) is 0. The molecule has 1 N–H and O–H groups in total. The van der Waals surface area contributed by atoms with Crippen molar-refractivity contribution in [3.63, 3.8) is 0 Å². The average molecular weight is 260 g/mol. The Morgan fingerprint density at radius 1 is 1.26 bits per heavy atom. The summed E-state index contributed by atoms with van der Waals surface area (Å²) in [7, 11) is 0. The minimum absolute atomic E-state index is 0.0241. The molecule has 0 atom stereocenters. The second kappa shape index (κ2) is 5.48. The number of hydrogen-bond donors (Lipinski definition) is 1. The number of halogens is 1. The van der Waals surface area contributed by atoms with Gasteiger partial charge in [-0.3, -0.25) is 10.1 Å². The number of nitro benzene ring substituents is 1. The Morgan fingerprint density at radius 3 is 2.68 bits per heavy atom. The fourth-order valence-corrected chi connectivity index (χ4v) is 1.81. The smallest absolute Gasteiger partial charge is 0.271 e. The Bertz CT molecular complexity index is 614. The Labute approximate surface area is 110 Å². The maximum absolute atomic E-state index is 13.4. The van der Waals surface area contributed by atoms with Gasteiger partial charge in [0.15, 0.2) is 0 Å². The van der Waals surface area contributed by atoms with Crippen LogP contribution in [0.15, 0.2) is 42.5 Å². The van der Waals surface area contributed by atoms with Crippen molar-refractivity contribution in [2.45, 2.75) is 13.5 Å². The van der Waals surface area contributed by atoms with E-state index in [1.54, 1.807) is 31.2 Å². The van der Waals surface area contributed by atoms with Crippen LogP contribution in [0.5, 0.6) is 0 Å². The van der Waals surface area contributed by atoms with E-state index in [0.29, 0.717) is 11.3 Å². The summed E-state index contributed by atoms with van der Waals surface area (Å²) in [5.74, 6) is -0.294. The highest BCUT2D eigenvalue weighted by Crippen LogP contribution is 2.21. The van der Waals surface area contributed by atoms with Crippen molar-refractivity contribution in [3.8, 4) is 0 Å². The summed E-state index contributed by atoms with van der Waals surface area (Å²) in [4.78, 5) is 10.3. The first-order valence-corrected chi connectivity index (χ1v) is 5.79. The molecule has 0 radical (unpaired) electrons. The van der Waals surface area contributed by atoms with Crippen molar-refractivity contribution >= 4 is 11.4 Å². The predicted octanol–water partition coefficient (Wildman–Crippen LogP) is 3.65. The van der Waals surface area contributed by atoms with E-state index >= 15 is 0 Å². The standard InChI is InChI=1S/C14H13FN2O2/c1-10-6-12(8-13(7-10)17(18)19)16-9-11-4-2-3-5-14(11)15/h2-8,16H,9H2,1H3. The molecule has 0 aliphatic rings. The first-order chi connectivity index (χ1) is 9.06. The summed E-state index contributed by atoms with van der Waals surface area (Å²) in [6.45, 7) is 2.06. The lowest BCUT2D eigenvalue weighted by atomic mass is 10.1. The van der Waals surface area contributed by atoms with Gasteiger partial charge in [0.1, 0.15) is 5.82 Å². The maximum Gasteiger partial charge on any atom is 0.271 e. The Balaban J connectivity index is 2.16. The van der Waals surface area contributed by atoms with Crippen LogP contribution in [-0.2, 0) is 6.54 Å². The summed E-state index contributed by atoms with van der Waals surface area (Å²) in [6, 6.07) is 11.1. The zero-order valence-electron chi connectivity index (χ0n) is 10.4. The number of benzene rings is 2. The number of non-ortho nitro benzene ring substituents is 1. The minimum atomic E-state index is -0.443. The summed E-state index contributed by atoms with van der Waals surface area (Å²) >= 11 is 0. The molecule has 5 heteroatoms. The monoisotopic (exact) mass is 260 g/mol. The third-order valence-electron chi connectivity index (χ3n) is 2.71. The Kier molecular flexibility index (Phi) is 3.75. The van der Waals surface area contributed by atoms with Gasteiger partial charge in [-0.2, -0.15) is 0 Å². The van der Waals surface area contributed by atoms with Crippen LogP contribution in [0, 0.1) is 22.9 Å². The molecule has 0 aliphatic heterocycles. The molecule has 0 aromatic heterocycles. The topological polar surface area (TPSA) is 55.2 Å². The summed E-state index contributed by atoms with van der Waals surface area (Å²) in [5, 5.41) is 13.7. The van der Waals surface area contributed by atoms with Gasteiger partial charge in [0.2, 0.25) is 0 Å². The van der Waals surface area contributed by atoms with E-state index < -0.39 is 4.92 Å². The largest absolute Gasteiger partial charge is 0.381 e. The van der Waals surface area contributed by atoms with Crippen LogP contribution in [0.4, 0.5) is 15.8 Å². The molecule has 0 spiro atoms. The SMILES string of the molecule is Cc1cc(NCc2ccccc2F)cc([N+](=O)[O-])c1. The maximum atomic E-state index is 13.4. The minimum Gasteiger partial charge on any atom is -0.381 e. The van der Waals surface area contributed by atoms with Crippen LogP contribution < -0.4 is 5.32 Å². The molecular formula is C14H13FN2O2. The van der Waals surface area contributed by atoms with E-state index in [9.17, 15) is 14.5 Å². The van der Waals surface area contributed by atoms with Crippen LogP contribution in [0.25, 0.3) is 0 Å². The predicted molar refractivity (Wildman–Crippen MR) is 71.6 cm³/mol. The van der Waals surface area contributed by atoms with Crippen molar-refractivity contribution in [1.82, 2.24) is 0 Å². The average Bonchev–Trinajstić information content (AvgIpc) is 2.37. The normalized spacial score (nSPS) is 10.2. The van der Waals surface area contributed by atoms with Crippen molar-refractivity contribution in [1.29, 1.82) is 0 Å². The number of rotatable bonds is 4. The molecule has 0 unspecified atom stereocenters. The molecule has 0 bridgehead atoms. The van der Waals surface area contributed by atoms with Gasteiger partial charge in [0, 0.05) is 29.9 Å². The number of nitro groups is 1. The van der Waals surface area contributed by atoms with E-state index in [4.69, 9.17) is 0 Å².